The Hall–Kier alpha value is -0.470. The van der Waals surface area contributed by atoms with Crippen molar-refractivity contribution < 1.29 is 4.74 Å². The highest BCUT2D eigenvalue weighted by molar-refractivity contribution is 8.00. The average molecular weight is 248 g/mol. The molecule has 2 aliphatic rings. The highest BCUT2D eigenvalue weighted by Gasteiger charge is 2.36. The van der Waals surface area contributed by atoms with Crippen LogP contribution in [0, 0.1) is 0 Å². The van der Waals surface area contributed by atoms with Crippen LogP contribution in [0.4, 0.5) is 0 Å². The van der Waals surface area contributed by atoms with Crippen LogP contribution < -0.4 is 0 Å². The highest BCUT2D eigenvalue weighted by Crippen LogP contribution is 2.47. The summed E-state index contributed by atoms with van der Waals surface area (Å²) in [4.78, 5) is 0. The number of ether oxygens (including phenoxy) is 1. The normalized spacial score (nSPS) is 33.8. The van der Waals surface area contributed by atoms with E-state index in [4.69, 9.17) is 4.74 Å². The monoisotopic (exact) mass is 248 g/mol. The van der Waals surface area contributed by atoms with Gasteiger partial charge in [-0.2, -0.15) is 0 Å². The fraction of sp³-hybridized carbons (Fsp3) is 0.600. The molecule has 1 aliphatic heterocycles. The maximum Gasteiger partial charge on any atom is 0.129 e. The minimum atomic E-state index is 0.282. The van der Waals surface area contributed by atoms with E-state index in [1.54, 1.807) is 0 Å². The summed E-state index contributed by atoms with van der Waals surface area (Å²) >= 11 is 2.05. The number of thioether (sulfide) groups is 1. The van der Waals surface area contributed by atoms with Gasteiger partial charge in [0, 0.05) is 5.25 Å². The zero-order valence-corrected chi connectivity index (χ0v) is 11.0. The summed E-state index contributed by atoms with van der Waals surface area (Å²) in [5, 5.41) is 0.737. The van der Waals surface area contributed by atoms with Gasteiger partial charge in [-0.15, -0.1) is 11.8 Å². The third kappa shape index (κ3) is 2.69. The van der Waals surface area contributed by atoms with Crippen LogP contribution in [0.2, 0.25) is 0 Å². The lowest BCUT2D eigenvalue weighted by Crippen LogP contribution is -2.21. The molecule has 92 valence electrons. The molecule has 1 aromatic rings. The van der Waals surface area contributed by atoms with Gasteiger partial charge in [0.05, 0.1) is 6.10 Å². The fourth-order valence-corrected chi connectivity index (χ4v) is 4.36. The van der Waals surface area contributed by atoms with Gasteiger partial charge in [0.25, 0.3) is 0 Å². The van der Waals surface area contributed by atoms with Crippen molar-refractivity contribution in [3.05, 3.63) is 35.9 Å². The zero-order valence-electron chi connectivity index (χ0n) is 10.2. The molecule has 0 radical (unpaired) electrons. The molecule has 3 atom stereocenters. The predicted octanol–water partition coefficient (Wildman–Crippen LogP) is 4.54. The van der Waals surface area contributed by atoms with E-state index in [1.165, 1.54) is 44.1 Å². The lowest BCUT2D eigenvalue weighted by molar-refractivity contribution is 0.0421. The van der Waals surface area contributed by atoms with E-state index in [0.29, 0.717) is 6.10 Å². The molecule has 2 fully saturated rings. The molecule has 17 heavy (non-hydrogen) atoms. The quantitative estimate of drug-likeness (QED) is 0.721. The van der Waals surface area contributed by atoms with Gasteiger partial charge < -0.3 is 4.74 Å². The molecule has 0 aromatic heterocycles. The van der Waals surface area contributed by atoms with Crippen molar-refractivity contribution in [1.29, 1.82) is 0 Å². The standard InChI is InChI=1S/C15H20OS/c1-2-7-11-14-13(10-6-1)16-15(17-14)12-8-4-3-5-9-12/h3-5,8-9,13-15H,1-2,6-7,10-11H2/t13-,14-,15+/m0/s1. The van der Waals surface area contributed by atoms with Gasteiger partial charge >= 0.3 is 0 Å². The number of benzene rings is 1. The molecule has 0 N–H and O–H groups in total. The molecular weight excluding hydrogens is 228 g/mol. The van der Waals surface area contributed by atoms with E-state index in [0.717, 1.165) is 5.25 Å². The van der Waals surface area contributed by atoms with Crippen LogP contribution in [0.3, 0.4) is 0 Å². The first-order valence-corrected chi connectivity index (χ1v) is 7.73. The fourth-order valence-electron chi connectivity index (χ4n) is 2.84. The Morgan fingerprint density at radius 2 is 1.71 bits per heavy atom. The van der Waals surface area contributed by atoms with Crippen molar-refractivity contribution in [2.45, 2.75) is 55.3 Å². The summed E-state index contributed by atoms with van der Waals surface area (Å²) in [6.45, 7) is 0. The van der Waals surface area contributed by atoms with Crippen LogP contribution in [0.25, 0.3) is 0 Å². The molecule has 0 amide bonds. The predicted molar refractivity (Wildman–Crippen MR) is 73.1 cm³/mol. The Balaban J connectivity index is 1.70. The minimum absolute atomic E-state index is 0.282. The summed E-state index contributed by atoms with van der Waals surface area (Å²) in [6.07, 6.45) is 8.67. The van der Waals surface area contributed by atoms with Gasteiger partial charge in [0.2, 0.25) is 0 Å². The highest BCUT2D eigenvalue weighted by atomic mass is 32.2. The summed E-state index contributed by atoms with van der Waals surface area (Å²) in [5.41, 5.74) is 1.62. The SMILES string of the molecule is c1ccc([C@@H]2O[C@H]3CCCCCC[C@@H]3S2)cc1. The van der Waals surface area contributed by atoms with Crippen LogP contribution in [-0.4, -0.2) is 11.4 Å². The van der Waals surface area contributed by atoms with Crippen LogP contribution in [0.1, 0.15) is 49.5 Å². The van der Waals surface area contributed by atoms with Crippen LogP contribution in [0.5, 0.6) is 0 Å². The van der Waals surface area contributed by atoms with Crippen LogP contribution in [-0.2, 0) is 4.74 Å². The van der Waals surface area contributed by atoms with Crippen molar-refractivity contribution in [1.82, 2.24) is 0 Å². The molecule has 1 nitrogen and oxygen atoms in total. The Morgan fingerprint density at radius 1 is 0.941 bits per heavy atom. The Labute approximate surface area is 108 Å². The molecule has 0 spiro atoms. The number of hydrogen-bond acceptors (Lipinski definition) is 2. The van der Waals surface area contributed by atoms with Gasteiger partial charge in [-0.25, -0.2) is 0 Å². The maximum absolute atomic E-state index is 6.25. The lowest BCUT2D eigenvalue weighted by Gasteiger charge is -2.19. The summed E-state index contributed by atoms with van der Waals surface area (Å²) in [5.74, 6) is 0. The molecule has 2 heteroatoms. The van der Waals surface area contributed by atoms with E-state index < -0.39 is 0 Å². The van der Waals surface area contributed by atoms with E-state index in [1.807, 2.05) is 11.8 Å². The topological polar surface area (TPSA) is 9.23 Å². The second kappa shape index (κ2) is 5.45. The van der Waals surface area contributed by atoms with Crippen molar-refractivity contribution >= 4 is 11.8 Å². The average Bonchev–Trinajstić information content (AvgIpc) is 2.73. The van der Waals surface area contributed by atoms with E-state index in [-0.39, 0.29) is 5.44 Å². The van der Waals surface area contributed by atoms with E-state index in [2.05, 4.69) is 30.3 Å². The van der Waals surface area contributed by atoms with Crippen molar-refractivity contribution in [2.75, 3.05) is 0 Å². The third-order valence-electron chi connectivity index (χ3n) is 3.81. The van der Waals surface area contributed by atoms with Gasteiger partial charge in [-0.05, 0) is 18.4 Å². The number of hydrogen-bond donors (Lipinski definition) is 0. The smallest absolute Gasteiger partial charge is 0.129 e. The first-order chi connectivity index (χ1) is 8.43. The van der Waals surface area contributed by atoms with Crippen LogP contribution in [0.15, 0.2) is 30.3 Å². The van der Waals surface area contributed by atoms with Crippen molar-refractivity contribution in [3.63, 3.8) is 0 Å². The molecule has 1 heterocycles. The van der Waals surface area contributed by atoms with Gasteiger partial charge in [0.15, 0.2) is 0 Å². The molecule has 1 saturated heterocycles. The van der Waals surface area contributed by atoms with Crippen molar-refractivity contribution in [2.24, 2.45) is 0 Å². The van der Waals surface area contributed by atoms with E-state index >= 15 is 0 Å². The Kier molecular flexibility index (Phi) is 3.72. The maximum atomic E-state index is 6.25. The minimum Gasteiger partial charge on any atom is -0.358 e. The summed E-state index contributed by atoms with van der Waals surface area (Å²) in [7, 11) is 0. The second-order valence-corrected chi connectivity index (χ2v) is 6.39. The third-order valence-corrected chi connectivity index (χ3v) is 5.33. The largest absolute Gasteiger partial charge is 0.358 e. The van der Waals surface area contributed by atoms with Crippen LogP contribution >= 0.6 is 11.8 Å². The van der Waals surface area contributed by atoms with Crippen molar-refractivity contribution in [3.8, 4) is 0 Å². The zero-order chi connectivity index (χ0) is 11.5. The molecule has 3 rings (SSSR count). The molecule has 0 bridgehead atoms. The molecule has 1 aromatic carbocycles. The lowest BCUT2D eigenvalue weighted by atomic mass is 9.98. The molecular formula is C15H20OS. The summed E-state index contributed by atoms with van der Waals surface area (Å²) < 4.78 is 6.25. The van der Waals surface area contributed by atoms with Gasteiger partial charge in [-0.1, -0.05) is 56.0 Å². The second-order valence-electron chi connectivity index (χ2n) is 5.08. The van der Waals surface area contributed by atoms with E-state index in [9.17, 15) is 0 Å². The number of rotatable bonds is 1. The molecule has 1 saturated carbocycles. The molecule has 0 unspecified atom stereocenters. The van der Waals surface area contributed by atoms with Gasteiger partial charge in [-0.3, -0.25) is 0 Å². The van der Waals surface area contributed by atoms with Gasteiger partial charge in [0.1, 0.15) is 5.44 Å². The Bertz CT molecular complexity index is 335. The first-order valence-electron chi connectivity index (χ1n) is 6.79. The number of fused-ring (bicyclic) bond motifs is 1. The summed E-state index contributed by atoms with van der Waals surface area (Å²) in [6, 6.07) is 10.7. The first kappa shape index (κ1) is 11.6. The molecule has 1 aliphatic carbocycles. The Morgan fingerprint density at radius 3 is 2.53 bits per heavy atom.